The fourth-order valence-electron chi connectivity index (χ4n) is 5.17. The molecule has 0 saturated heterocycles. The normalized spacial score (nSPS) is 15.5. The van der Waals surface area contributed by atoms with Gasteiger partial charge in [-0.1, -0.05) is 91.8 Å². The lowest BCUT2D eigenvalue weighted by molar-refractivity contribution is 0.0200. The van der Waals surface area contributed by atoms with Crippen LogP contribution >= 0.6 is 0 Å². The lowest BCUT2D eigenvalue weighted by Gasteiger charge is -2.36. The van der Waals surface area contributed by atoms with Gasteiger partial charge < -0.3 is 0 Å². The van der Waals surface area contributed by atoms with Gasteiger partial charge in [0.1, 0.15) is 0 Å². The molecular weight excluding hydrogens is 438 g/mol. The minimum Gasteiger partial charge on any atom is -0.268 e. The van der Waals surface area contributed by atoms with Gasteiger partial charge in [-0.3, -0.25) is 9.80 Å². The molecule has 0 aromatic heterocycles. The van der Waals surface area contributed by atoms with E-state index in [1.807, 2.05) is 36.4 Å². The Morgan fingerprint density at radius 1 is 0.543 bits per heavy atom. The van der Waals surface area contributed by atoms with E-state index < -0.39 is 6.17 Å². The molecule has 4 heteroatoms. The van der Waals surface area contributed by atoms with E-state index in [2.05, 4.69) is 55.4 Å². The van der Waals surface area contributed by atoms with Crippen LogP contribution in [-0.2, 0) is 25.7 Å². The standard InChI is InChI=1S/C31H44F2N2/c1-21(2)17-25-11-9-12-26(18-22(3)4)29(25)34-15-16-35(31(34,32)33)30-27(19-23(5)6)13-10-14-28(30)20-24(7)8/h9-16,21-24H,17-20H2,1-8H3. The van der Waals surface area contributed by atoms with Crippen LogP contribution in [0.2, 0.25) is 0 Å². The molecule has 0 unspecified atom stereocenters. The van der Waals surface area contributed by atoms with Gasteiger partial charge in [0.05, 0.1) is 11.4 Å². The first-order valence-corrected chi connectivity index (χ1v) is 13.3. The van der Waals surface area contributed by atoms with Crippen LogP contribution in [-0.4, -0.2) is 6.17 Å². The van der Waals surface area contributed by atoms with Gasteiger partial charge in [-0.05, 0) is 71.6 Å². The third kappa shape index (κ3) is 6.26. The number of hydrogen-bond donors (Lipinski definition) is 0. The van der Waals surface area contributed by atoms with E-state index in [-0.39, 0.29) is 0 Å². The number of anilines is 2. The summed E-state index contributed by atoms with van der Waals surface area (Å²) < 4.78 is 33.0. The maximum Gasteiger partial charge on any atom is 0.421 e. The van der Waals surface area contributed by atoms with E-state index in [4.69, 9.17) is 0 Å². The van der Waals surface area contributed by atoms with E-state index >= 15 is 8.78 Å². The molecule has 0 saturated carbocycles. The van der Waals surface area contributed by atoms with E-state index in [0.29, 0.717) is 35.0 Å². The van der Waals surface area contributed by atoms with E-state index in [9.17, 15) is 0 Å². The van der Waals surface area contributed by atoms with Crippen LogP contribution < -0.4 is 9.80 Å². The Kier molecular flexibility index (Phi) is 8.67. The number of alkyl halides is 2. The van der Waals surface area contributed by atoms with Gasteiger partial charge in [0.2, 0.25) is 0 Å². The topological polar surface area (TPSA) is 6.48 Å². The molecule has 0 atom stereocenters. The van der Waals surface area contributed by atoms with Crippen LogP contribution in [0.15, 0.2) is 48.8 Å². The number of hydrogen-bond acceptors (Lipinski definition) is 2. The number of rotatable bonds is 10. The van der Waals surface area contributed by atoms with Gasteiger partial charge in [-0.25, -0.2) is 0 Å². The van der Waals surface area contributed by atoms with Crippen molar-refractivity contribution in [1.29, 1.82) is 0 Å². The molecule has 35 heavy (non-hydrogen) atoms. The van der Waals surface area contributed by atoms with Crippen LogP contribution in [0.25, 0.3) is 0 Å². The monoisotopic (exact) mass is 482 g/mol. The molecule has 0 radical (unpaired) electrons. The Bertz CT molecular complexity index is 885. The Balaban J connectivity index is 2.14. The summed E-state index contributed by atoms with van der Waals surface area (Å²) >= 11 is 0. The van der Waals surface area contributed by atoms with Crippen LogP contribution in [0.4, 0.5) is 20.2 Å². The summed E-state index contributed by atoms with van der Waals surface area (Å²) in [4.78, 5) is 2.46. The van der Waals surface area contributed by atoms with Crippen molar-refractivity contribution in [3.63, 3.8) is 0 Å². The molecule has 2 aromatic rings. The molecule has 0 amide bonds. The van der Waals surface area contributed by atoms with Crippen molar-refractivity contribution in [2.24, 2.45) is 23.7 Å². The van der Waals surface area contributed by atoms with Crippen LogP contribution in [0.5, 0.6) is 0 Å². The van der Waals surface area contributed by atoms with Gasteiger partial charge in [0.15, 0.2) is 0 Å². The zero-order valence-corrected chi connectivity index (χ0v) is 22.9. The minimum atomic E-state index is -3.20. The molecular formula is C31H44F2N2. The van der Waals surface area contributed by atoms with Crippen LogP contribution in [0.3, 0.4) is 0 Å². The summed E-state index contributed by atoms with van der Waals surface area (Å²) in [5.74, 6) is 1.51. The second kappa shape index (κ2) is 11.1. The van der Waals surface area contributed by atoms with Gasteiger partial charge >= 0.3 is 6.17 Å². The number of halogens is 2. The van der Waals surface area contributed by atoms with Crippen LogP contribution in [0, 0.1) is 23.7 Å². The SMILES string of the molecule is CC(C)Cc1cccc(CC(C)C)c1N1C=CN(c2c(CC(C)C)cccc2CC(C)C)C1(F)F. The molecule has 1 aliphatic heterocycles. The highest BCUT2D eigenvalue weighted by atomic mass is 19.3. The summed E-state index contributed by atoms with van der Waals surface area (Å²) in [7, 11) is 0. The van der Waals surface area contributed by atoms with Crippen molar-refractivity contribution in [1.82, 2.24) is 0 Å². The quantitative estimate of drug-likeness (QED) is 0.312. The molecule has 0 aliphatic carbocycles. The highest BCUT2D eigenvalue weighted by Crippen LogP contribution is 2.45. The first kappa shape index (κ1) is 27.2. The fraction of sp³-hybridized carbons (Fsp3) is 0.548. The van der Waals surface area contributed by atoms with Crippen molar-refractivity contribution in [3.8, 4) is 0 Å². The van der Waals surface area contributed by atoms with Gasteiger partial charge in [0.25, 0.3) is 0 Å². The average molecular weight is 483 g/mol. The number of para-hydroxylation sites is 2. The summed E-state index contributed by atoms with van der Waals surface area (Å²) in [6.07, 6.45) is 3.06. The molecule has 3 rings (SSSR count). The Morgan fingerprint density at radius 2 is 0.800 bits per heavy atom. The lowest BCUT2D eigenvalue weighted by Crippen LogP contribution is -2.47. The molecule has 1 heterocycles. The van der Waals surface area contributed by atoms with E-state index in [1.54, 1.807) is 12.4 Å². The number of nitrogens with zero attached hydrogens (tertiary/aromatic N) is 2. The Morgan fingerprint density at radius 3 is 1.03 bits per heavy atom. The van der Waals surface area contributed by atoms with Crippen molar-refractivity contribution in [2.45, 2.75) is 87.2 Å². The largest absolute Gasteiger partial charge is 0.421 e. The van der Waals surface area contributed by atoms with Crippen molar-refractivity contribution < 1.29 is 8.78 Å². The zero-order valence-electron chi connectivity index (χ0n) is 22.9. The zero-order chi connectivity index (χ0) is 25.9. The Hall–Kier alpha value is -2.36. The van der Waals surface area contributed by atoms with Crippen molar-refractivity contribution in [2.75, 3.05) is 9.80 Å². The third-order valence-electron chi connectivity index (χ3n) is 6.35. The molecule has 2 nitrogen and oxygen atoms in total. The highest BCUT2D eigenvalue weighted by molar-refractivity contribution is 5.71. The van der Waals surface area contributed by atoms with Crippen LogP contribution in [0.1, 0.15) is 77.6 Å². The lowest BCUT2D eigenvalue weighted by atomic mass is 9.93. The molecule has 1 aliphatic rings. The molecule has 192 valence electrons. The second-order valence-electron chi connectivity index (χ2n) is 11.8. The molecule has 0 spiro atoms. The summed E-state index contributed by atoms with van der Waals surface area (Å²) in [6.45, 7) is 17.1. The Labute approximate surface area is 212 Å². The maximum absolute atomic E-state index is 16.5. The highest BCUT2D eigenvalue weighted by Gasteiger charge is 2.49. The van der Waals surface area contributed by atoms with E-state index in [1.165, 1.54) is 9.80 Å². The summed E-state index contributed by atoms with van der Waals surface area (Å²) in [6, 6.07) is 12.1. The molecule has 0 N–H and O–H groups in total. The molecule has 0 bridgehead atoms. The fourth-order valence-corrected chi connectivity index (χ4v) is 5.17. The van der Waals surface area contributed by atoms with Crippen molar-refractivity contribution in [3.05, 3.63) is 71.1 Å². The second-order valence-corrected chi connectivity index (χ2v) is 11.8. The van der Waals surface area contributed by atoms with E-state index in [0.717, 1.165) is 47.9 Å². The minimum absolute atomic E-state index is 0.378. The van der Waals surface area contributed by atoms with Crippen molar-refractivity contribution >= 4 is 11.4 Å². The maximum atomic E-state index is 16.5. The summed E-state index contributed by atoms with van der Waals surface area (Å²) in [5.41, 5.74) is 5.30. The molecule has 2 aromatic carbocycles. The summed E-state index contributed by atoms with van der Waals surface area (Å²) in [5, 5.41) is 0. The van der Waals surface area contributed by atoms with Gasteiger partial charge in [-0.15, -0.1) is 0 Å². The van der Waals surface area contributed by atoms with Gasteiger partial charge in [-0.2, -0.15) is 8.78 Å². The predicted molar refractivity (Wildman–Crippen MR) is 146 cm³/mol. The predicted octanol–water partition coefficient (Wildman–Crippen LogP) is 8.83. The molecule has 0 fully saturated rings. The number of benzene rings is 2. The average Bonchev–Trinajstić information content (AvgIpc) is 3.01. The smallest absolute Gasteiger partial charge is 0.268 e. The first-order valence-electron chi connectivity index (χ1n) is 13.3. The first-order chi connectivity index (χ1) is 16.4. The van der Waals surface area contributed by atoms with Gasteiger partial charge in [0, 0.05) is 12.4 Å². The third-order valence-corrected chi connectivity index (χ3v) is 6.35.